The Labute approximate surface area is 227 Å². The number of pyridine rings is 1. The Hall–Kier alpha value is -3.76. The number of ketones is 1. The zero-order valence-corrected chi connectivity index (χ0v) is 21.9. The molecule has 0 unspecified atom stereocenters. The van der Waals surface area contributed by atoms with Gasteiger partial charge in [-0.1, -0.05) is 53.5 Å². The molecule has 38 heavy (non-hydrogen) atoms. The minimum atomic E-state index is -1.91. The lowest BCUT2D eigenvalue weighted by molar-refractivity contribution is -0.135. The standard InChI is InChI=1S/C27H23Cl2N3O6/c1-27(2,37)23(34)22-21(32(11-12-33)26(36)24(30)35)18-13-17(14-7-9-15(28)10-8-14)20(31-25(18)38-22)16-5-3-4-6-19(16)29/h3-10,13,33,37H,11-12H2,1-2H3,(H2,30,35). The van der Waals surface area contributed by atoms with Crippen LogP contribution in [0.25, 0.3) is 33.5 Å². The first-order valence-corrected chi connectivity index (χ1v) is 12.2. The Balaban J connectivity index is 2.14. The normalized spacial score (nSPS) is 11.5. The number of anilines is 1. The number of rotatable bonds is 7. The zero-order valence-electron chi connectivity index (χ0n) is 20.4. The maximum Gasteiger partial charge on any atom is 0.316 e. The molecule has 0 saturated carbocycles. The molecule has 2 aromatic heterocycles. The van der Waals surface area contributed by atoms with Gasteiger partial charge in [0.1, 0.15) is 11.3 Å². The van der Waals surface area contributed by atoms with E-state index in [-0.39, 0.29) is 23.3 Å². The van der Waals surface area contributed by atoms with E-state index >= 15 is 0 Å². The molecule has 0 radical (unpaired) electrons. The summed E-state index contributed by atoms with van der Waals surface area (Å²) in [6, 6.07) is 15.5. The Morgan fingerprint density at radius 3 is 2.29 bits per heavy atom. The van der Waals surface area contributed by atoms with Crippen molar-refractivity contribution < 1.29 is 29.0 Å². The molecule has 0 aliphatic heterocycles. The van der Waals surface area contributed by atoms with Gasteiger partial charge in [-0.25, -0.2) is 4.98 Å². The number of hydrogen-bond donors (Lipinski definition) is 3. The van der Waals surface area contributed by atoms with E-state index < -0.39 is 35.6 Å². The smallest absolute Gasteiger partial charge is 0.316 e. The van der Waals surface area contributed by atoms with Gasteiger partial charge in [-0.3, -0.25) is 19.3 Å². The first-order chi connectivity index (χ1) is 17.9. The van der Waals surface area contributed by atoms with Gasteiger partial charge in [0.25, 0.3) is 0 Å². The first-order valence-electron chi connectivity index (χ1n) is 11.4. The number of fused-ring (bicyclic) bond motifs is 1. The summed E-state index contributed by atoms with van der Waals surface area (Å²) < 4.78 is 5.84. The van der Waals surface area contributed by atoms with Crippen molar-refractivity contribution in [1.29, 1.82) is 0 Å². The number of aromatic nitrogens is 1. The monoisotopic (exact) mass is 555 g/mol. The van der Waals surface area contributed by atoms with Gasteiger partial charge in [0.15, 0.2) is 5.76 Å². The van der Waals surface area contributed by atoms with Crippen LogP contribution in [0, 0.1) is 0 Å². The summed E-state index contributed by atoms with van der Waals surface area (Å²) >= 11 is 12.6. The van der Waals surface area contributed by atoms with Crippen molar-refractivity contribution in [1.82, 2.24) is 4.98 Å². The number of primary amides is 1. The molecule has 196 valence electrons. The number of amides is 2. The van der Waals surface area contributed by atoms with Crippen LogP contribution in [-0.4, -0.2) is 51.5 Å². The van der Waals surface area contributed by atoms with E-state index in [1.807, 2.05) is 0 Å². The van der Waals surface area contributed by atoms with Gasteiger partial charge in [-0.15, -0.1) is 0 Å². The molecule has 4 aromatic rings. The van der Waals surface area contributed by atoms with Crippen molar-refractivity contribution >= 4 is 57.6 Å². The molecule has 0 aliphatic rings. The zero-order chi connectivity index (χ0) is 27.8. The van der Waals surface area contributed by atoms with E-state index in [4.69, 9.17) is 33.4 Å². The van der Waals surface area contributed by atoms with Crippen LogP contribution in [0.2, 0.25) is 10.0 Å². The van der Waals surface area contributed by atoms with Gasteiger partial charge in [0.05, 0.1) is 17.7 Å². The summed E-state index contributed by atoms with van der Waals surface area (Å²) in [5.41, 5.74) is 5.32. The summed E-state index contributed by atoms with van der Waals surface area (Å²) in [4.78, 5) is 43.4. The number of hydrogen-bond acceptors (Lipinski definition) is 7. The second-order valence-electron chi connectivity index (χ2n) is 8.94. The Kier molecular flexibility index (Phi) is 7.57. The average molecular weight is 556 g/mol. The van der Waals surface area contributed by atoms with Crippen molar-refractivity contribution in [3.8, 4) is 22.4 Å². The van der Waals surface area contributed by atoms with Crippen LogP contribution in [-0.2, 0) is 9.59 Å². The fourth-order valence-electron chi connectivity index (χ4n) is 3.97. The van der Waals surface area contributed by atoms with E-state index in [0.29, 0.717) is 32.4 Å². The first kappa shape index (κ1) is 27.3. The number of halogens is 2. The molecule has 11 heteroatoms. The Morgan fingerprint density at radius 1 is 1.05 bits per heavy atom. The molecule has 0 spiro atoms. The number of nitrogens with zero attached hydrogens (tertiary/aromatic N) is 2. The van der Waals surface area contributed by atoms with Crippen LogP contribution in [0.5, 0.6) is 0 Å². The van der Waals surface area contributed by atoms with Crippen LogP contribution in [0.3, 0.4) is 0 Å². The van der Waals surface area contributed by atoms with Crippen molar-refractivity contribution in [2.75, 3.05) is 18.1 Å². The number of furan rings is 1. The highest BCUT2D eigenvalue weighted by molar-refractivity contribution is 6.41. The highest BCUT2D eigenvalue weighted by Crippen LogP contribution is 2.42. The molecule has 0 atom stereocenters. The third kappa shape index (κ3) is 5.14. The number of carbonyl (C=O) groups excluding carboxylic acids is 3. The quantitative estimate of drug-likeness (QED) is 0.228. The van der Waals surface area contributed by atoms with E-state index in [2.05, 4.69) is 4.98 Å². The van der Waals surface area contributed by atoms with E-state index in [1.54, 1.807) is 54.6 Å². The van der Waals surface area contributed by atoms with Crippen LogP contribution < -0.4 is 10.6 Å². The molecule has 2 aromatic carbocycles. The number of nitrogens with two attached hydrogens (primary N) is 1. The lowest BCUT2D eigenvalue weighted by atomic mass is 9.97. The number of Topliss-reactive ketones (excluding diaryl/α,β-unsaturated/α-hetero) is 1. The minimum Gasteiger partial charge on any atom is -0.432 e. The predicted molar refractivity (Wildman–Crippen MR) is 144 cm³/mol. The molecular weight excluding hydrogens is 533 g/mol. The average Bonchev–Trinajstić information content (AvgIpc) is 3.23. The van der Waals surface area contributed by atoms with Crippen molar-refractivity contribution in [2.45, 2.75) is 19.4 Å². The van der Waals surface area contributed by atoms with Gasteiger partial charge < -0.3 is 20.4 Å². The van der Waals surface area contributed by atoms with E-state index in [1.165, 1.54) is 13.8 Å². The highest BCUT2D eigenvalue weighted by Gasteiger charge is 2.37. The maximum atomic E-state index is 13.2. The van der Waals surface area contributed by atoms with Gasteiger partial charge in [0.2, 0.25) is 11.5 Å². The summed E-state index contributed by atoms with van der Waals surface area (Å²) in [5, 5.41) is 21.2. The van der Waals surface area contributed by atoms with Crippen molar-refractivity contribution in [2.24, 2.45) is 5.73 Å². The van der Waals surface area contributed by atoms with Crippen LogP contribution in [0.1, 0.15) is 24.4 Å². The topological polar surface area (TPSA) is 147 Å². The molecule has 4 N–H and O–H groups in total. The van der Waals surface area contributed by atoms with Crippen LogP contribution in [0.15, 0.2) is 59.0 Å². The molecule has 0 aliphatic carbocycles. The van der Waals surface area contributed by atoms with Gasteiger partial charge in [-0.2, -0.15) is 0 Å². The lowest BCUT2D eigenvalue weighted by Gasteiger charge is -2.22. The maximum absolute atomic E-state index is 13.2. The van der Waals surface area contributed by atoms with Crippen LogP contribution in [0.4, 0.5) is 5.69 Å². The second-order valence-corrected chi connectivity index (χ2v) is 9.78. The molecular formula is C27H23Cl2N3O6. The van der Waals surface area contributed by atoms with Crippen LogP contribution >= 0.6 is 23.2 Å². The van der Waals surface area contributed by atoms with Crippen molar-refractivity contribution in [3.05, 3.63) is 70.4 Å². The minimum absolute atomic E-state index is 0.0690. The fraction of sp³-hybridized carbons (Fsp3) is 0.185. The van der Waals surface area contributed by atoms with Gasteiger partial charge in [-0.05, 0) is 43.7 Å². The van der Waals surface area contributed by atoms with Crippen molar-refractivity contribution in [3.63, 3.8) is 0 Å². The third-order valence-corrected chi connectivity index (χ3v) is 6.33. The van der Waals surface area contributed by atoms with E-state index in [9.17, 15) is 24.6 Å². The third-order valence-electron chi connectivity index (χ3n) is 5.75. The lowest BCUT2D eigenvalue weighted by Crippen LogP contribution is -2.43. The Morgan fingerprint density at radius 2 is 1.71 bits per heavy atom. The molecule has 0 saturated heterocycles. The summed E-state index contributed by atoms with van der Waals surface area (Å²) in [5.74, 6) is -3.80. The van der Waals surface area contributed by atoms with E-state index in [0.717, 1.165) is 4.90 Å². The summed E-state index contributed by atoms with van der Waals surface area (Å²) in [7, 11) is 0. The number of benzene rings is 2. The number of aliphatic hydroxyl groups is 2. The SMILES string of the molecule is CC(C)(O)C(=O)c1oc2nc(-c3ccccc3Cl)c(-c3ccc(Cl)cc3)cc2c1N(CCO)C(=O)C(N)=O. The molecule has 9 nitrogen and oxygen atoms in total. The highest BCUT2D eigenvalue weighted by atomic mass is 35.5. The predicted octanol–water partition coefficient (Wildman–Crippen LogP) is 4.23. The molecule has 0 bridgehead atoms. The molecule has 4 rings (SSSR count). The fourth-order valence-corrected chi connectivity index (χ4v) is 4.32. The Bertz CT molecular complexity index is 1560. The molecule has 2 heterocycles. The number of aliphatic hydroxyl groups excluding tert-OH is 1. The molecule has 0 fully saturated rings. The summed E-state index contributed by atoms with van der Waals surface area (Å²) in [6.07, 6.45) is 0. The van der Waals surface area contributed by atoms with Gasteiger partial charge in [0, 0.05) is 27.7 Å². The summed E-state index contributed by atoms with van der Waals surface area (Å²) in [6.45, 7) is 1.56. The molecule has 2 amide bonds. The van der Waals surface area contributed by atoms with Gasteiger partial charge >= 0.3 is 11.8 Å². The second kappa shape index (κ2) is 10.5. The largest absolute Gasteiger partial charge is 0.432 e. The number of carbonyl (C=O) groups is 3.